The summed E-state index contributed by atoms with van der Waals surface area (Å²) in [5.41, 5.74) is 4.03. The average molecular weight is 383 g/mol. The summed E-state index contributed by atoms with van der Waals surface area (Å²) >= 11 is 0. The zero-order valence-corrected chi connectivity index (χ0v) is 15.9. The van der Waals surface area contributed by atoms with Gasteiger partial charge in [0.2, 0.25) is 0 Å². The molecule has 148 valence electrons. The Hall–Kier alpha value is -2.90. The van der Waals surface area contributed by atoms with Crippen molar-refractivity contribution in [2.75, 3.05) is 18.5 Å². The van der Waals surface area contributed by atoms with Crippen molar-refractivity contribution >= 4 is 23.5 Å². The molecule has 7 nitrogen and oxygen atoms in total. The predicted octanol–water partition coefficient (Wildman–Crippen LogP) is 3.81. The molecular formula is C21H25N3O4. The van der Waals surface area contributed by atoms with Gasteiger partial charge in [0.05, 0.1) is 12.3 Å². The Balaban J connectivity index is 1.51. The Morgan fingerprint density at radius 1 is 1.29 bits per heavy atom. The van der Waals surface area contributed by atoms with E-state index in [1.807, 2.05) is 43.3 Å². The summed E-state index contributed by atoms with van der Waals surface area (Å²) < 4.78 is 11.0. The summed E-state index contributed by atoms with van der Waals surface area (Å²) in [5, 5.41) is 3.23. The molecule has 0 radical (unpaired) electrons. The molecule has 0 bridgehead atoms. The largest absolute Gasteiger partial charge is 0.492 e. The molecule has 7 heteroatoms. The van der Waals surface area contributed by atoms with Gasteiger partial charge in [-0.1, -0.05) is 12.1 Å². The van der Waals surface area contributed by atoms with Crippen molar-refractivity contribution in [1.82, 2.24) is 10.5 Å². The molecule has 0 saturated carbocycles. The Morgan fingerprint density at radius 2 is 2.18 bits per heavy atom. The monoisotopic (exact) mass is 383 g/mol. The summed E-state index contributed by atoms with van der Waals surface area (Å²) in [6, 6.07) is 11.4. The molecule has 2 N–H and O–H groups in total. The summed E-state index contributed by atoms with van der Waals surface area (Å²) in [5.74, 6) is 1.11. The van der Waals surface area contributed by atoms with Crippen molar-refractivity contribution in [3.05, 3.63) is 54.2 Å². The fourth-order valence-corrected chi connectivity index (χ4v) is 2.70. The first-order valence-electron chi connectivity index (χ1n) is 9.45. The molecule has 0 spiro atoms. The number of hydroxylamine groups is 1. The second-order valence-corrected chi connectivity index (χ2v) is 6.24. The predicted molar refractivity (Wildman–Crippen MR) is 107 cm³/mol. The molecule has 0 aliphatic carbocycles. The van der Waals surface area contributed by atoms with E-state index in [-0.39, 0.29) is 12.2 Å². The highest BCUT2D eigenvalue weighted by molar-refractivity contribution is 5.90. The van der Waals surface area contributed by atoms with Gasteiger partial charge in [0.25, 0.3) is 5.91 Å². The maximum atomic E-state index is 11.8. The van der Waals surface area contributed by atoms with Gasteiger partial charge < -0.3 is 14.8 Å². The average Bonchev–Trinajstić information content (AvgIpc) is 2.74. The SMILES string of the molecule is CCOc1ccccc1Nc1ccc(C=CC(=O)NOC2CCCCO2)cn1. The lowest BCUT2D eigenvalue weighted by molar-refractivity contribution is -0.198. The number of carbonyl (C=O) groups excluding carboxylic acids is 1. The number of hydrogen-bond acceptors (Lipinski definition) is 6. The maximum absolute atomic E-state index is 11.8. The molecule has 1 fully saturated rings. The first-order valence-corrected chi connectivity index (χ1v) is 9.45. The Labute approximate surface area is 164 Å². The molecule has 2 aromatic rings. The molecule has 1 atom stereocenters. The summed E-state index contributed by atoms with van der Waals surface area (Å²) in [4.78, 5) is 21.5. The van der Waals surface area contributed by atoms with Crippen molar-refractivity contribution in [2.24, 2.45) is 0 Å². The lowest BCUT2D eigenvalue weighted by atomic mass is 10.2. The van der Waals surface area contributed by atoms with E-state index in [4.69, 9.17) is 14.3 Å². The fourth-order valence-electron chi connectivity index (χ4n) is 2.70. The molecular weight excluding hydrogens is 358 g/mol. The first kappa shape index (κ1) is 19.9. The third-order valence-corrected chi connectivity index (χ3v) is 4.09. The van der Waals surface area contributed by atoms with Gasteiger partial charge in [0.15, 0.2) is 6.29 Å². The van der Waals surface area contributed by atoms with Crippen LogP contribution in [-0.2, 0) is 14.4 Å². The Kier molecular flexibility index (Phi) is 7.40. The molecule has 1 unspecified atom stereocenters. The van der Waals surface area contributed by atoms with Crippen molar-refractivity contribution in [3.8, 4) is 5.75 Å². The summed E-state index contributed by atoms with van der Waals surface area (Å²) in [6.07, 6.45) is 7.25. The van der Waals surface area contributed by atoms with Crippen LogP contribution in [0.2, 0.25) is 0 Å². The highest BCUT2D eigenvalue weighted by Crippen LogP contribution is 2.26. The number of anilines is 2. The lowest BCUT2D eigenvalue weighted by Gasteiger charge is -2.21. The third kappa shape index (κ3) is 6.07. The van der Waals surface area contributed by atoms with Crippen LogP contribution in [0.4, 0.5) is 11.5 Å². The zero-order chi connectivity index (χ0) is 19.6. The molecule has 1 aliphatic heterocycles. The normalized spacial score (nSPS) is 16.7. The molecule has 1 saturated heterocycles. The number of para-hydroxylation sites is 2. The third-order valence-electron chi connectivity index (χ3n) is 4.09. The topological polar surface area (TPSA) is 81.7 Å². The number of pyridine rings is 1. The van der Waals surface area contributed by atoms with Gasteiger partial charge in [-0.25, -0.2) is 15.3 Å². The molecule has 1 aromatic heterocycles. The van der Waals surface area contributed by atoms with E-state index in [9.17, 15) is 4.79 Å². The van der Waals surface area contributed by atoms with Crippen LogP contribution in [0.5, 0.6) is 5.75 Å². The van der Waals surface area contributed by atoms with Crippen molar-refractivity contribution < 1.29 is 19.1 Å². The Bertz CT molecular complexity index is 786. The first-order chi connectivity index (χ1) is 13.7. The van der Waals surface area contributed by atoms with Gasteiger partial charge in [0, 0.05) is 25.3 Å². The van der Waals surface area contributed by atoms with Gasteiger partial charge >= 0.3 is 0 Å². The van der Waals surface area contributed by atoms with Crippen LogP contribution in [0, 0.1) is 0 Å². The second-order valence-electron chi connectivity index (χ2n) is 6.24. The highest BCUT2D eigenvalue weighted by atomic mass is 16.8. The highest BCUT2D eigenvalue weighted by Gasteiger charge is 2.14. The number of amides is 1. The van der Waals surface area contributed by atoms with Crippen LogP contribution in [0.15, 0.2) is 48.7 Å². The molecule has 28 heavy (non-hydrogen) atoms. The van der Waals surface area contributed by atoms with Gasteiger partial charge in [-0.05, 0) is 55.7 Å². The van der Waals surface area contributed by atoms with E-state index in [0.29, 0.717) is 19.0 Å². The number of aromatic nitrogens is 1. The standard InChI is InChI=1S/C21H25N3O4/c1-2-26-18-8-4-3-7-17(18)23-19-12-10-16(15-22-19)11-13-20(25)24-28-21-9-5-6-14-27-21/h3-4,7-8,10-13,15,21H,2,5-6,9,14H2,1H3,(H,22,23)(H,24,25). The molecule has 1 aromatic carbocycles. The van der Waals surface area contributed by atoms with E-state index in [1.165, 1.54) is 6.08 Å². The van der Waals surface area contributed by atoms with E-state index >= 15 is 0 Å². The molecule has 1 amide bonds. The summed E-state index contributed by atoms with van der Waals surface area (Å²) in [6.45, 7) is 3.20. The minimum Gasteiger partial charge on any atom is -0.492 e. The number of nitrogens with one attached hydrogen (secondary N) is 2. The van der Waals surface area contributed by atoms with Crippen LogP contribution < -0.4 is 15.5 Å². The van der Waals surface area contributed by atoms with Gasteiger partial charge in [0.1, 0.15) is 11.6 Å². The van der Waals surface area contributed by atoms with Gasteiger partial charge in [-0.3, -0.25) is 4.79 Å². The molecule has 3 rings (SSSR count). The molecule has 2 heterocycles. The fraction of sp³-hybridized carbons (Fsp3) is 0.333. The van der Waals surface area contributed by atoms with E-state index in [2.05, 4.69) is 15.8 Å². The summed E-state index contributed by atoms with van der Waals surface area (Å²) in [7, 11) is 0. The number of nitrogens with zero attached hydrogens (tertiary/aromatic N) is 1. The van der Waals surface area contributed by atoms with Crippen molar-refractivity contribution in [2.45, 2.75) is 32.5 Å². The molecule has 1 aliphatic rings. The second kappa shape index (κ2) is 10.4. The number of carbonyl (C=O) groups is 1. The van der Waals surface area contributed by atoms with Crippen molar-refractivity contribution in [1.29, 1.82) is 0 Å². The van der Waals surface area contributed by atoms with E-state index in [1.54, 1.807) is 12.3 Å². The minimum atomic E-state index is -0.363. The van der Waals surface area contributed by atoms with Gasteiger partial charge in [-0.2, -0.15) is 0 Å². The van der Waals surface area contributed by atoms with Crippen LogP contribution in [0.1, 0.15) is 31.7 Å². The lowest BCUT2D eigenvalue weighted by Crippen LogP contribution is -2.32. The van der Waals surface area contributed by atoms with Crippen LogP contribution >= 0.6 is 0 Å². The van der Waals surface area contributed by atoms with E-state index in [0.717, 1.165) is 36.3 Å². The van der Waals surface area contributed by atoms with Crippen LogP contribution in [-0.4, -0.2) is 30.4 Å². The Morgan fingerprint density at radius 3 is 2.93 bits per heavy atom. The van der Waals surface area contributed by atoms with Crippen LogP contribution in [0.3, 0.4) is 0 Å². The minimum absolute atomic E-state index is 0.345. The quantitative estimate of drug-likeness (QED) is 0.533. The maximum Gasteiger partial charge on any atom is 0.267 e. The number of rotatable bonds is 8. The van der Waals surface area contributed by atoms with Crippen molar-refractivity contribution in [3.63, 3.8) is 0 Å². The number of hydrogen-bond donors (Lipinski definition) is 2. The van der Waals surface area contributed by atoms with E-state index < -0.39 is 0 Å². The zero-order valence-electron chi connectivity index (χ0n) is 15.9. The van der Waals surface area contributed by atoms with Crippen LogP contribution in [0.25, 0.3) is 6.08 Å². The number of ether oxygens (including phenoxy) is 2. The number of benzene rings is 1. The van der Waals surface area contributed by atoms with Gasteiger partial charge in [-0.15, -0.1) is 0 Å². The smallest absolute Gasteiger partial charge is 0.267 e.